The number of nitrogens with zero attached hydrogens (tertiary/aromatic N) is 1. The summed E-state index contributed by atoms with van der Waals surface area (Å²) < 4.78 is 0. The molecule has 3 nitrogen and oxygen atoms in total. The lowest BCUT2D eigenvalue weighted by molar-refractivity contribution is 0.106. The number of ketones is 1. The predicted molar refractivity (Wildman–Crippen MR) is 67.1 cm³/mol. The minimum Gasteiger partial charge on any atom is -0.791 e. The van der Waals surface area contributed by atoms with E-state index in [4.69, 9.17) is 0 Å². The molecular weight excluding hydrogens is 214 g/mol. The highest BCUT2D eigenvalue weighted by Gasteiger charge is 2.13. The van der Waals surface area contributed by atoms with Crippen LogP contribution in [0.5, 0.6) is 0 Å². The summed E-state index contributed by atoms with van der Waals surface area (Å²) in [5, 5.41) is 13.7. The Kier molecular flexibility index (Phi) is 3.31. The Hall–Kier alpha value is -2.42. The molecule has 0 amide bonds. The van der Waals surface area contributed by atoms with Crippen LogP contribution >= 0.6 is 0 Å². The van der Waals surface area contributed by atoms with Crippen LogP contribution in [0.2, 0.25) is 0 Å². The highest BCUT2D eigenvalue weighted by molar-refractivity contribution is 6.51. The molecule has 0 N–H and O–H groups in total. The monoisotopic (exact) mass is 224 g/mol. The van der Waals surface area contributed by atoms with E-state index >= 15 is 0 Å². The van der Waals surface area contributed by atoms with E-state index in [-0.39, 0.29) is 11.5 Å². The average molecular weight is 224 g/mol. The molecule has 0 heterocycles. The molecule has 0 aliphatic carbocycles. The van der Waals surface area contributed by atoms with Gasteiger partial charge < -0.3 is 10.4 Å². The lowest BCUT2D eigenvalue weighted by Gasteiger charge is -2.07. The Morgan fingerprint density at radius 2 is 1.29 bits per heavy atom. The van der Waals surface area contributed by atoms with Gasteiger partial charge in [-0.05, 0) is 0 Å². The van der Waals surface area contributed by atoms with Gasteiger partial charge in [-0.15, -0.1) is 0 Å². The van der Waals surface area contributed by atoms with Crippen LogP contribution in [0, 0.1) is 5.21 Å². The highest BCUT2D eigenvalue weighted by Crippen LogP contribution is 2.08. The van der Waals surface area contributed by atoms with Gasteiger partial charge in [0.05, 0.1) is 0 Å². The van der Waals surface area contributed by atoms with E-state index in [1.165, 1.54) is 0 Å². The maximum Gasteiger partial charge on any atom is 0.211 e. The predicted octanol–water partition coefficient (Wildman–Crippen LogP) is 2.86. The van der Waals surface area contributed by atoms with E-state index in [0.29, 0.717) is 11.1 Å². The largest absolute Gasteiger partial charge is 0.791 e. The van der Waals surface area contributed by atoms with Crippen molar-refractivity contribution in [3.63, 3.8) is 0 Å². The van der Waals surface area contributed by atoms with Gasteiger partial charge in [0.2, 0.25) is 5.78 Å². The number of benzene rings is 2. The molecule has 0 fully saturated rings. The number of Topliss-reactive ketones (excluding diaryl/α,β-unsaturated/α-hetero) is 1. The summed E-state index contributed by atoms with van der Waals surface area (Å²) in [6.45, 7) is 0. The molecule has 0 unspecified atom stereocenters. The van der Waals surface area contributed by atoms with E-state index in [2.05, 4.69) is 5.16 Å². The summed E-state index contributed by atoms with van der Waals surface area (Å²) in [5.41, 5.74) is 0.944. The number of carbonyl (C=O) groups excluding carboxylic acids is 1. The smallest absolute Gasteiger partial charge is 0.211 e. The zero-order valence-electron chi connectivity index (χ0n) is 9.04. The van der Waals surface area contributed by atoms with Gasteiger partial charge in [-0.25, -0.2) is 0 Å². The number of hydrogen-bond donors (Lipinski definition) is 0. The SMILES string of the molecule is O=C(/C(=N\[O-])c1ccccc1)c1ccccc1. The number of rotatable bonds is 3. The fourth-order valence-electron chi connectivity index (χ4n) is 1.55. The van der Waals surface area contributed by atoms with E-state index in [1.807, 2.05) is 12.1 Å². The number of carbonyl (C=O) groups is 1. The normalized spacial score (nSPS) is 11.2. The van der Waals surface area contributed by atoms with Crippen molar-refractivity contribution in [3.05, 3.63) is 77.0 Å². The lowest BCUT2D eigenvalue weighted by atomic mass is 10.0. The molecule has 2 aromatic carbocycles. The van der Waals surface area contributed by atoms with Crippen molar-refractivity contribution < 1.29 is 4.79 Å². The van der Waals surface area contributed by atoms with E-state index < -0.39 is 0 Å². The molecule has 2 aromatic rings. The Morgan fingerprint density at radius 1 is 0.824 bits per heavy atom. The quantitative estimate of drug-likeness (QED) is 0.457. The average Bonchev–Trinajstić information content (AvgIpc) is 2.42. The summed E-state index contributed by atoms with van der Waals surface area (Å²) in [7, 11) is 0. The maximum atomic E-state index is 12.0. The van der Waals surface area contributed by atoms with Gasteiger partial charge in [0, 0.05) is 11.1 Å². The summed E-state index contributed by atoms with van der Waals surface area (Å²) in [6, 6.07) is 17.4. The van der Waals surface area contributed by atoms with Crippen molar-refractivity contribution in [1.82, 2.24) is 0 Å². The molecule has 0 aromatic heterocycles. The van der Waals surface area contributed by atoms with Gasteiger partial charge >= 0.3 is 0 Å². The zero-order chi connectivity index (χ0) is 12.1. The maximum absolute atomic E-state index is 12.0. The van der Waals surface area contributed by atoms with Crippen LogP contribution in [0.15, 0.2) is 65.8 Å². The van der Waals surface area contributed by atoms with E-state index in [0.717, 1.165) is 0 Å². The molecule has 0 bridgehead atoms. The summed E-state index contributed by atoms with van der Waals surface area (Å²) in [6.07, 6.45) is 0. The molecule has 2 rings (SSSR count). The Morgan fingerprint density at radius 3 is 1.76 bits per heavy atom. The molecule has 3 heteroatoms. The summed E-state index contributed by atoms with van der Waals surface area (Å²) >= 11 is 0. The van der Waals surface area contributed by atoms with Gasteiger partial charge in [0.1, 0.15) is 5.71 Å². The second-order valence-electron chi connectivity index (χ2n) is 3.50. The van der Waals surface area contributed by atoms with Crippen LogP contribution in [-0.4, -0.2) is 11.5 Å². The van der Waals surface area contributed by atoms with Gasteiger partial charge in [-0.1, -0.05) is 60.7 Å². The topological polar surface area (TPSA) is 52.5 Å². The first kappa shape index (κ1) is 11.1. The minimum atomic E-state index is -0.355. The van der Waals surface area contributed by atoms with Crippen molar-refractivity contribution in [2.45, 2.75) is 0 Å². The highest BCUT2D eigenvalue weighted by atomic mass is 16.4. The second kappa shape index (κ2) is 5.07. The fraction of sp³-hybridized carbons (Fsp3) is 0. The van der Waals surface area contributed by atoms with Crippen molar-refractivity contribution in [2.24, 2.45) is 5.16 Å². The molecule has 0 aliphatic rings. The van der Waals surface area contributed by atoms with Crippen molar-refractivity contribution in [1.29, 1.82) is 0 Å². The van der Waals surface area contributed by atoms with Crippen LogP contribution in [0.1, 0.15) is 15.9 Å². The molecule has 84 valence electrons. The Balaban J connectivity index is 2.37. The number of hydrogen-bond acceptors (Lipinski definition) is 3. The molecule has 0 atom stereocenters. The molecular formula is C14H10NO2-. The molecule has 0 saturated carbocycles. The van der Waals surface area contributed by atoms with Crippen molar-refractivity contribution in [3.8, 4) is 0 Å². The molecule has 17 heavy (non-hydrogen) atoms. The molecule has 0 aliphatic heterocycles. The Bertz CT molecular complexity index is 533. The lowest BCUT2D eigenvalue weighted by Crippen LogP contribution is -2.15. The van der Waals surface area contributed by atoms with Crippen LogP contribution < -0.4 is 0 Å². The van der Waals surface area contributed by atoms with E-state index in [1.54, 1.807) is 48.5 Å². The van der Waals surface area contributed by atoms with Crippen LogP contribution in [0.25, 0.3) is 0 Å². The van der Waals surface area contributed by atoms with Crippen LogP contribution in [0.3, 0.4) is 0 Å². The standard InChI is InChI=1S/C14H11NO2/c16-14(12-9-5-2-6-10-12)13(15-17)11-7-3-1-4-8-11/h1-10,17H/p-1/b15-13-. The fourth-order valence-corrected chi connectivity index (χ4v) is 1.55. The van der Waals surface area contributed by atoms with Gasteiger partial charge in [-0.2, -0.15) is 0 Å². The zero-order valence-corrected chi connectivity index (χ0v) is 9.04. The third kappa shape index (κ3) is 2.39. The van der Waals surface area contributed by atoms with E-state index in [9.17, 15) is 10.0 Å². The third-order valence-corrected chi connectivity index (χ3v) is 2.39. The summed E-state index contributed by atoms with van der Waals surface area (Å²) in [4.78, 5) is 12.0. The Labute approximate surface area is 99.0 Å². The third-order valence-electron chi connectivity index (χ3n) is 2.39. The van der Waals surface area contributed by atoms with Gasteiger partial charge in [0.15, 0.2) is 0 Å². The first-order valence-electron chi connectivity index (χ1n) is 5.18. The molecule has 0 spiro atoms. The van der Waals surface area contributed by atoms with Crippen molar-refractivity contribution >= 4 is 11.5 Å². The first-order valence-corrected chi connectivity index (χ1v) is 5.18. The van der Waals surface area contributed by atoms with Crippen LogP contribution in [0.4, 0.5) is 0 Å². The molecule has 0 saturated heterocycles. The summed E-state index contributed by atoms with van der Waals surface area (Å²) in [5.74, 6) is -0.355. The minimum absolute atomic E-state index is 0.0585. The molecule has 0 radical (unpaired) electrons. The van der Waals surface area contributed by atoms with Gasteiger partial charge in [0.25, 0.3) is 0 Å². The van der Waals surface area contributed by atoms with Crippen LogP contribution in [-0.2, 0) is 0 Å². The van der Waals surface area contributed by atoms with Crippen molar-refractivity contribution in [2.75, 3.05) is 0 Å². The van der Waals surface area contributed by atoms with Gasteiger partial charge in [-0.3, -0.25) is 4.79 Å². The first-order chi connectivity index (χ1) is 8.33. The second-order valence-corrected chi connectivity index (χ2v) is 3.50.